The molecule has 19 heavy (non-hydrogen) atoms. The molecule has 2 aromatic rings. The van der Waals surface area contributed by atoms with Gasteiger partial charge in [-0.05, 0) is 47.1 Å². The number of nitrogens with one attached hydrogen (secondary N) is 1. The molecular formula is C14H14BrF2NS. The van der Waals surface area contributed by atoms with E-state index < -0.39 is 17.7 Å². The van der Waals surface area contributed by atoms with E-state index in [1.54, 1.807) is 6.92 Å². The maximum Gasteiger partial charge on any atom is 0.134 e. The number of thiophene rings is 1. The number of rotatable bonds is 4. The molecule has 0 fully saturated rings. The van der Waals surface area contributed by atoms with Gasteiger partial charge in [0.2, 0.25) is 0 Å². The summed E-state index contributed by atoms with van der Waals surface area (Å²) in [6.45, 7) is 4.19. The van der Waals surface area contributed by atoms with E-state index in [0.717, 1.165) is 9.35 Å². The third-order valence-corrected chi connectivity index (χ3v) is 4.65. The van der Waals surface area contributed by atoms with Gasteiger partial charge in [-0.1, -0.05) is 13.0 Å². The highest BCUT2D eigenvalue weighted by Crippen LogP contribution is 2.33. The molecule has 5 heteroatoms. The number of hydrogen-bond acceptors (Lipinski definition) is 2. The van der Waals surface area contributed by atoms with E-state index in [1.807, 2.05) is 18.4 Å². The van der Waals surface area contributed by atoms with Crippen molar-refractivity contribution in [2.45, 2.75) is 19.9 Å². The van der Waals surface area contributed by atoms with Gasteiger partial charge in [-0.25, -0.2) is 8.78 Å². The zero-order chi connectivity index (χ0) is 14.0. The van der Waals surface area contributed by atoms with Crippen molar-refractivity contribution < 1.29 is 8.78 Å². The minimum atomic E-state index is -0.515. The fraction of sp³-hybridized carbons (Fsp3) is 0.286. The molecule has 0 aliphatic heterocycles. The van der Waals surface area contributed by atoms with Gasteiger partial charge in [-0.3, -0.25) is 0 Å². The van der Waals surface area contributed by atoms with Gasteiger partial charge in [0.25, 0.3) is 0 Å². The summed E-state index contributed by atoms with van der Waals surface area (Å²) in [5.74, 6) is -0.992. The van der Waals surface area contributed by atoms with E-state index in [0.29, 0.717) is 12.1 Å². The predicted octanol–water partition coefficient (Wildman–Crippen LogP) is 4.80. The fourth-order valence-corrected chi connectivity index (χ4v) is 3.50. The molecule has 0 aliphatic carbocycles. The van der Waals surface area contributed by atoms with E-state index in [-0.39, 0.29) is 5.56 Å². The zero-order valence-electron chi connectivity index (χ0n) is 10.6. The Balaban J connectivity index is 2.53. The number of halogens is 3. The monoisotopic (exact) mass is 345 g/mol. The van der Waals surface area contributed by atoms with Crippen LogP contribution >= 0.6 is 27.3 Å². The molecule has 2 rings (SSSR count). The molecule has 0 saturated carbocycles. The Morgan fingerprint density at radius 1 is 1.37 bits per heavy atom. The number of hydrogen-bond donors (Lipinski definition) is 1. The lowest BCUT2D eigenvalue weighted by Crippen LogP contribution is -2.23. The van der Waals surface area contributed by atoms with Crippen molar-refractivity contribution in [3.05, 3.63) is 55.7 Å². The standard InChI is InChI=1S/C14H14BrF2NS/c1-3-18-14(11-6-9(15)7-19-11)12-10(16)5-4-8(2)13(12)17/h4-7,14,18H,3H2,1-2H3. The maximum atomic E-state index is 14.2. The summed E-state index contributed by atoms with van der Waals surface area (Å²) >= 11 is 4.84. The van der Waals surface area contributed by atoms with Gasteiger partial charge >= 0.3 is 0 Å². The van der Waals surface area contributed by atoms with Crippen LogP contribution in [-0.2, 0) is 0 Å². The van der Waals surface area contributed by atoms with Crippen LogP contribution in [0.5, 0.6) is 0 Å². The first-order chi connectivity index (χ1) is 9.04. The average Bonchev–Trinajstić information content (AvgIpc) is 2.80. The van der Waals surface area contributed by atoms with Crippen molar-refractivity contribution >= 4 is 27.3 Å². The molecule has 1 atom stereocenters. The van der Waals surface area contributed by atoms with Crippen LogP contribution in [0.15, 0.2) is 28.1 Å². The molecule has 102 valence electrons. The summed E-state index contributed by atoms with van der Waals surface area (Å²) < 4.78 is 29.2. The van der Waals surface area contributed by atoms with Crippen molar-refractivity contribution in [1.82, 2.24) is 5.32 Å². The van der Waals surface area contributed by atoms with Crippen molar-refractivity contribution in [1.29, 1.82) is 0 Å². The Morgan fingerprint density at radius 2 is 2.11 bits per heavy atom. The van der Waals surface area contributed by atoms with Gasteiger partial charge in [-0.2, -0.15) is 0 Å². The molecule has 0 bridgehead atoms. The summed E-state index contributed by atoms with van der Waals surface area (Å²) in [5.41, 5.74) is 0.547. The van der Waals surface area contributed by atoms with Crippen LogP contribution in [0.1, 0.15) is 29.0 Å². The van der Waals surface area contributed by atoms with E-state index >= 15 is 0 Å². The first-order valence-electron chi connectivity index (χ1n) is 5.96. The summed E-state index contributed by atoms with van der Waals surface area (Å²) in [5, 5.41) is 5.06. The molecule has 0 radical (unpaired) electrons. The normalized spacial score (nSPS) is 12.7. The summed E-state index contributed by atoms with van der Waals surface area (Å²) in [6.07, 6.45) is 0. The lowest BCUT2D eigenvalue weighted by atomic mass is 10.0. The molecule has 1 aromatic heterocycles. The third kappa shape index (κ3) is 3.04. The molecule has 0 amide bonds. The Kier molecular flexibility index (Phi) is 4.71. The Hall–Kier alpha value is -0.780. The summed E-state index contributed by atoms with van der Waals surface area (Å²) in [7, 11) is 0. The Labute approximate surface area is 123 Å². The van der Waals surface area contributed by atoms with Crippen LogP contribution in [0, 0.1) is 18.6 Å². The van der Waals surface area contributed by atoms with Gasteiger partial charge in [0.05, 0.1) is 6.04 Å². The second kappa shape index (κ2) is 6.11. The maximum absolute atomic E-state index is 14.2. The third-order valence-electron chi connectivity index (χ3n) is 2.89. The Bertz CT molecular complexity index is 583. The van der Waals surface area contributed by atoms with Crippen LogP contribution < -0.4 is 5.32 Å². The lowest BCUT2D eigenvalue weighted by Gasteiger charge is -2.19. The van der Waals surface area contributed by atoms with Crippen molar-refractivity contribution in [2.75, 3.05) is 6.54 Å². The van der Waals surface area contributed by atoms with Crippen molar-refractivity contribution in [2.24, 2.45) is 0 Å². The Morgan fingerprint density at radius 3 is 2.68 bits per heavy atom. The minimum Gasteiger partial charge on any atom is -0.306 e. The molecule has 0 spiro atoms. The van der Waals surface area contributed by atoms with Crippen molar-refractivity contribution in [3.63, 3.8) is 0 Å². The first-order valence-corrected chi connectivity index (χ1v) is 7.63. The molecular weight excluding hydrogens is 332 g/mol. The molecule has 1 aromatic carbocycles. The second-order valence-electron chi connectivity index (χ2n) is 4.25. The predicted molar refractivity (Wildman–Crippen MR) is 78.6 cm³/mol. The average molecular weight is 346 g/mol. The lowest BCUT2D eigenvalue weighted by molar-refractivity contribution is 0.509. The van der Waals surface area contributed by atoms with Crippen LogP contribution in [0.3, 0.4) is 0 Å². The topological polar surface area (TPSA) is 12.0 Å². The summed E-state index contributed by atoms with van der Waals surface area (Å²) in [4.78, 5) is 0.886. The quantitative estimate of drug-likeness (QED) is 0.839. The molecule has 0 saturated heterocycles. The highest BCUT2D eigenvalue weighted by atomic mass is 79.9. The summed E-state index contributed by atoms with van der Waals surface area (Å²) in [6, 6.07) is 4.21. The first kappa shape index (κ1) is 14.6. The molecule has 1 unspecified atom stereocenters. The smallest absolute Gasteiger partial charge is 0.134 e. The number of benzene rings is 1. The minimum absolute atomic E-state index is 0.0937. The number of aryl methyl sites for hydroxylation is 1. The molecule has 1 nitrogen and oxygen atoms in total. The highest BCUT2D eigenvalue weighted by Gasteiger charge is 2.23. The zero-order valence-corrected chi connectivity index (χ0v) is 13.0. The van der Waals surface area contributed by atoms with Gasteiger partial charge in [-0.15, -0.1) is 11.3 Å². The van der Waals surface area contributed by atoms with Gasteiger partial charge in [0.15, 0.2) is 0 Å². The van der Waals surface area contributed by atoms with Gasteiger partial charge in [0.1, 0.15) is 11.6 Å². The van der Waals surface area contributed by atoms with E-state index in [1.165, 1.54) is 23.5 Å². The highest BCUT2D eigenvalue weighted by molar-refractivity contribution is 9.10. The van der Waals surface area contributed by atoms with Crippen LogP contribution in [0.4, 0.5) is 8.78 Å². The van der Waals surface area contributed by atoms with Crippen LogP contribution in [0.2, 0.25) is 0 Å². The largest absolute Gasteiger partial charge is 0.306 e. The second-order valence-corrected chi connectivity index (χ2v) is 6.11. The van der Waals surface area contributed by atoms with Crippen LogP contribution in [0.25, 0.3) is 0 Å². The van der Waals surface area contributed by atoms with Crippen molar-refractivity contribution in [3.8, 4) is 0 Å². The molecule has 0 aliphatic rings. The molecule has 1 heterocycles. The van der Waals surface area contributed by atoms with Crippen LogP contribution in [-0.4, -0.2) is 6.54 Å². The van der Waals surface area contributed by atoms with E-state index in [4.69, 9.17) is 0 Å². The van der Waals surface area contributed by atoms with Gasteiger partial charge < -0.3 is 5.32 Å². The molecule has 1 N–H and O–H groups in total. The van der Waals surface area contributed by atoms with E-state index in [9.17, 15) is 8.78 Å². The van der Waals surface area contributed by atoms with E-state index in [2.05, 4.69) is 21.2 Å². The fourth-order valence-electron chi connectivity index (χ4n) is 1.97. The SMILES string of the molecule is CCNC(c1cc(Br)cs1)c1c(F)ccc(C)c1F. The van der Waals surface area contributed by atoms with Gasteiger partial charge in [0, 0.05) is 20.3 Å².